The molecular formula is C34H33F2N9O. The van der Waals surface area contributed by atoms with Gasteiger partial charge < -0.3 is 36.2 Å². The van der Waals surface area contributed by atoms with E-state index in [-0.39, 0.29) is 11.4 Å². The van der Waals surface area contributed by atoms with E-state index in [0.717, 1.165) is 44.0 Å². The highest BCUT2D eigenvalue weighted by Crippen LogP contribution is 2.32. The summed E-state index contributed by atoms with van der Waals surface area (Å²) in [7, 11) is 2.15. The summed E-state index contributed by atoms with van der Waals surface area (Å²) in [6, 6.07) is 22.8. The van der Waals surface area contributed by atoms with Crippen LogP contribution < -0.4 is 31.3 Å². The number of halogens is 2. The predicted molar refractivity (Wildman–Crippen MR) is 178 cm³/mol. The van der Waals surface area contributed by atoms with Crippen molar-refractivity contribution in [1.29, 1.82) is 0 Å². The summed E-state index contributed by atoms with van der Waals surface area (Å²) in [6.45, 7) is 8.00. The number of benzene rings is 3. The Morgan fingerprint density at radius 1 is 0.848 bits per heavy atom. The van der Waals surface area contributed by atoms with Crippen molar-refractivity contribution in [2.24, 2.45) is 0 Å². The molecule has 3 aromatic carbocycles. The average Bonchev–Trinajstić information content (AvgIpc) is 3.06. The van der Waals surface area contributed by atoms with Gasteiger partial charge in [-0.2, -0.15) is 0 Å². The normalized spacial score (nSPS) is 13.2. The van der Waals surface area contributed by atoms with Crippen LogP contribution in [0.5, 0.6) is 11.6 Å². The second-order valence-corrected chi connectivity index (χ2v) is 10.8. The van der Waals surface area contributed by atoms with E-state index in [2.05, 4.69) is 61.5 Å². The van der Waals surface area contributed by atoms with Gasteiger partial charge in [0, 0.05) is 67.8 Å². The van der Waals surface area contributed by atoms with Gasteiger partial charge in [0.05, 0.1) is 22.6 Å². The highest BCUT2D eigenvalue weighted by atomic mass is 19.2. The minimum atomic E-state index is -1.02. The Labute approximate surface area is 265 Å². The third-order valence-electron chi connectivity index (χ3n) is 7.44. The van der Waals surface area contributed by atoms with Crippen molar-refractivity contribution in [2.75, 3.05) is 59.8 Å². The SMILES string of the molecule is C=C(Nc1ccc(Oc2ncccc2-c2ccnc(Nc3ccc(N4CCN(C)CC4)cc3)n2)cc1)Nc1cc(F)c(F)cc1N. The smallest absolute Gasteiger partial charge is 0.228 e. The third kappa shape index (κ3) is 7.30. The highest BCUT2D eigenvalue weighted by Gasteiger charge is 2.15. The van der Waals surface area contributed by atoms with E-state index in [9.17, 15) is 8.78 Å². The summed E-state index contributed by atoms with van der Waals surface area (Å²) in [5.74, 6) is -0.342. The summed E-state index contributed by atoms with van der Waals surface area (Å²) in [4.78, 5) is 18.3. The molecule has 2 aromatic heterocycles. The number of anilines is 6. The number of piperazine rings is 1. The lowest BCUT2D eigenvalue weighted by Crippen LogP contribution is -2.44. The molecule has 12 heteroatoms. The highest BCUT2D eigenvalue weighted by molar-refractivity contribution is 5.70. The van der Waals surface area contributed by atoms with E-state index in [1.165, 1.54) is 5.69 Å². The Hall–Kier alpha value is -5.75. The van der Waals surface area contributed by atoms with Crippen LogP contribution in [-0.4, -0.2) is 53.1 Å². The van der Waals surface area contributed by atoms with Crippen LogP contribution in [0, 0.1) is 11.6 Å². The van der Waals surface area contributed by atoms with Crippen LogP contribution in [0.2, 0.25) is 0 Å². The maximum Gasteiger partial charge on any atom is 0.228 e. The number of nitrogens with two attached hydrogens (primary N) is 1. The van der Waals surface area contributed by atoms with Gasteiger partial charge in [-0.1, -0.05) is 6.58 Å². The van der Waals surface area contributed by atoms with Crippen LogP contribution in [0.3, 0.4) is 0 Å². The molecule has 0 unspecified atom stereocenters. The number of nitrogen functional groups attached to an aromatic ring is 1. The fourth-order valence-electron chi connectivity index (χ4n) is 4.94. The first kappa shape index (κ1) is 30.3. The summed E-state index contributed by atoms with van der Waals surface area (Å²) in [5, 5.41) is 9.19. The molecule has 10 nitrogen and oxygen atoms in total. The van der Waals surface area contributed by atoms with Gasteiger partial charge in [0.25, 0.3) is 0 Å². The van der Waals surface area contributed by atoms with E-state index in [1.807, 2.05) is 24.3 Å². The first-order valence-corrected chi connectivity index (χ1v) is 14.6. The molecule has 234 valence electrons. The molecule has 0 atom stereocenters. The molecule has 1 fully saturated rings. The molecule has 1 aliphatic rings. The second kappa shape index (κ2) is 13.5. The zero-order valence-electron chi connectivity index (χ0n) is 25.2. The number of likely N-dealkylation sites (N-methyl/N-ethyl adjacent to an activating group) is 1. The molecule has 6 rings (SSSR count). The molecule has 5 N–H and O–H groups in total. The molecule has 0 amide bonds. The van der Waals surface area contributed by atoms with Gasteiger partial charge in [0.2, 0.25) is 11.8 Å². The van der Waals surface area contributed by atoms with Gasteiger partial charge >= 0.3 is 0 Å². The maximum atomic E-state index is 13.6. The van der Waals surface area contributed by atoms with E-state index in [0.29, 0.717) is 40.3 Å². The lowest BCUT2D eigenvalue weighted by atomic mass is 10.2. The topological polar surface area (TPSA) is 116 Å². The van der Waals surface area contributed by atoms with Crippen molar-refractivity contribution in [1.82, 2.24) is 19.9 Å². The standard InChI is InChI=1S/C34H33F2N9O/c1-22(41-32-21-29(36)28(35)20-30(32)37)40-23-7-11-26(12-8-23)46-33-27(4-3-14-38-33)31-13-15-39-34(43-31)42-24-5-9-25(10-6-24)45-18-16-44(2)17-19-45/h3-15,20-21,40-41H,1,16-19,37H2,2H3,(H,39,42,43). The zero-order valence-corrected chi connectivity index (χ0v) is 25.2. The fourth-order valence-corrected chi connectivity index (χ4v) is 4.94. The predicted octanol–water partition coefficient (Wildman–Crippen LogP) is 6.68. The van der Waals surface area contributed by atoms with Crippen LogP contribution in [-0.2, 0) is 0 Å². The lowest BCUT2D eigenvalue weighted by molar-refractivity contribution is 0.313. The van der Waals surface area contributed by atoms with Gasteiger partial charge in [-0.15, -0.1) is 0 Å². The Morgan fingerprint density at radius 3 is 2.33 bits per heavy atom. The van der Waals surface area contributed by atoms with E-state index in [4.69, 9.17) is 15.5 Å². The molecule has 0 saturated carbocycles. The van der Waals surface area contributed by atoms with E-state index < -0.39 is 11.6 Å². The van der Waals surface area contributed by atoms with Gasteiger partial charge in [-0.05, 0) is 73.8 Å². The number of ether oxygens (including phenoxy) is 1. The van der Waals surface area contributed by atoms with Gasteiger partial charge in [0.1, 0.15) is 11.6 Å². The summed E-state index contributed by atoms with van der Waals surface area (Å²) < 4.78 is 33.1. The number of pyridine rings is 1. The molecule has 0 aliphatic carbocycles. The van der Waals surface area contributed by atoms with Crippen molar-refractivity contribution >= 4 is 34.4 Å². The number of hydrogen-bond acceptors (Lipinski definition) is 10. The zero-order chi connectivity index (χ0) is 32.0. The first-order chi connectivity index (χ1) is 22.3. The number of hydrogen-bond donors (Lipinski definition) is 4. The van der Waals surface area contributed by atoms with Gasteiger partial charge in [0.15, 0.2) is 11.6 Å². The Balaban J connectivity index is 1.10. The van der Waals surface area contributed by atoms with Crippen molar-refractivity contribution in [3.63, 3.8) is 0 Å². The number of nitrogens with one attached hydrogen (secondary N) is 3. The number of rotatable bonds is 10. The van der Waals surface area contributed by atoms with Crippen LogP contribution in [0.15, 0.2) is 104 Å². The number of aromatic nitrogens is 3. The monoisotopic (exact) mass is 621 g/mol. The Bertz CT molecular complexity index is 1830. The van der Waals surface area contributed by atoms with E-state index in [1.54, 1.807) is 42.7 Å². The molecule has 5 aromatic rings. The lowest BCUT2D eigenvalue weighted by Gasteiger charge is -2.34. The Kier molecular flexibility index (Phi) is 8.88. The summed E-state index contributed by atoms with van der Waals surface area (Å²) >= 11 is 0. The van der Waals surface area contributed by atoms with E-state index >= 15 is 0 Å². The van der Waals surface area contributed by atoms with Crippen LogP contribution >= 0.6 is 0 Å². The molecular weight excluding hydrogens is 588 g/mol. The van der Waals surface area contributed by atoms with Gasteiger partial charge in [-0.3, -0.25) is 0 Å². The van der Waals surface area contributed by atoms with Crippen LogP contribution in [0.4, 0.5) is 43.2 Å². The summed E-state index contributed by atoms with van der Waals surface area (Å²) in [5.41, 5.74) is 10.1. The second-order valence-electron chi connectivity index (χ2n) is 10.8. The van der Waals surface area contributed by atoms with Crippen LogP contribution in [0.25, 0.3) is 11.3 Å². The molecule has 1 aliphatic heterocycles. The molecule has 0 spiro atoms. The van der Waals surface area contributed by atoms with Gasteiger partial charge in [-0.25, -0.2) is 23.7 Å². The largest absolute Gasteiger partial charge is 0.438 e. The molecule has 0 radical (unpaired) electrons. The molecule has 1 saturated heterocycles. The van der Waals surface area contributed by atoms with Crippen LogP contribution in [0.1, 0.15) is 0 Å². The Morgan fingerprint density at radius 2 is 1.57 bits per heavy atom. The quantitative estimate of drug-likeness (QED) is 0.126. The molecule has 0 bridgehead atoms. The third-order valence-corrected chi connectivity index (χ3v) is 7.44. The van der Waals surface area contributed by atoms with Crippen molar-refractivity contribution in [2.45, 2.75) is 0 Å². The minimum absolute atomic E-state index is 0.0544. The average molecular weight is 622 g/mol. The molecule has 46 heavy (non-hydrogen) atoms. The number of nitrogens with zero attached hydrogens (tertiary/aromatic N) is 5. The minimum Gasteiger partial charge on any atom is -0.438 e. The van der Waals surface area contributed by atoms with Crippen molar-refractivity contribution in [3.05, 3.63) is 115 Å². The summed E-state index contributed by atoms with van der Waals surface area (Å²) in [6.07, 6.45) is 3.34. The van der Waals surface area contributed by atoms with Crippen molar-refractivity contribution < 1.29 is 13.5 Å². The molecule has 3 heterocycles. The van der Waals surface area contributed by atoms with Crippen molar-refractivity contribution in [3.8, 4) is 22.9 Å². The fraction of sp³-hybridized carbons (Fsp3) is 0.147. The first-order valence-electron chi connectivity index (χ1n) is 14.6. The maximum absolute atomic E-state index is 13.6.